The Bertz CT molecular complexity index is 723. The summed E-state index contributed by atoms with van der Waals surface area (Å²) in [5.41, 5.74) is 11.5. The summed E-state index contributed by atoms with van der Waals surface area (Å²) in [4.78, 5) is 18.1. The van der Waals surface area contributed by atoms with Gasteiger partial charge >= 0.3 is 5.69 Å². The number of aliphatic hydroxyl groups excluding tert-OH is 3. The number of nitrogens with two attached hydrogens (primary N) is 1. The maximum Gasteiger partial charge on any atom is 0.351 e. The number of aromatic nitrogens is 2. The van der Waals surface area contributed by atoms with Crippen molar-refractivity contribution in [2.24, 2.45) is 5.11 Å². The predicted molar refractivity (Wildman–Crippen MR) is 82.9 cm³/mol. The summed E-state index contributed by atoms with van der Waals surface area (Å²) in [5, 5.41) is 31.3. The monoisotopic (exact) mass is 358 g/mol. The summed E-state index contributed by atoms with van der Waals surface area (Å²) >= 11 is 0. The maximum atomic E-state index is 14.5. The van der Waals surface area contributed by atoms with Crippen LogP contribution < -0.4 is 11.4 Å². The molecular formula is C13H19FN6O5. The molecular weight excluding hydrogens is 339 g/mol. The molecule has 1 fully saturated rings. The van der Waals surface area contributed by atoms with Gasteiger partial charge in [0.25, 0.3) is 0 Å². The lowest BCUT2D eigenvalue weighted by atomic mass is 10.1. The minimum absolute atomic E-state index is 0.0113. The fourth-order valence-electron chi connectivity index (χ4n) is 2.60. The van der Waals surface area contributed by atoms with Gasteiger partial charge in [-0.25, -0.2) is 9.18 Å². The number of ether oxygens (including phenoxy) is 1. The first-order valence-corrected chi connectivity index (χ1v) is 7.55. The molecule has 5 N–H and O–H groups in total. The van der Waals surface area contributed by atoms with E-state index in [2.05, 4.69) is 15.0 Å². The summed E-state index contributed by atoms with van der Waals surface area (Å²) in [6.07, 6.45) is -3.07. The van der Waals surface area contributed by atoms with Crippen LogP contribution in [0.4, 0.5) is 10.2 Å². The third kappa shape index (κ3) is 3.57. The zero-order chi connectivity index (χ0) is 18.6. The molecule has 1 aliphatic heterocycles. The number of aliphatic hydroxyl groups is 3. The predicted octanol–water partition coefficient (Wildman–Crippen LogP) is -0.633. The van der Waals surface area contributed by atoms with E-state index in [1.807, 2.05) is 0 Å². The summed E-state index contributed by atoms with van der Waals surface area (Å²) < 4.78 is 20.5. The van der Waals surface area contributed by atoms with Crippen LogP contribution in [0.5, 0.6) is 0 Å². The second kappa shape index (κ2) is 7.76. The molecule has 11 nitrogen and oxygen atoms in total. The van der Waals surface area contributed by atoms with E-state index in [4.69, 9.17) is 21.1 Å². The largest absolute Gasteiger partial charge is 0.396 e. The summed E-state index contributed by atoms with van der Waals surface area (Å²) in [6, 6.07) is 0. The Labute approximate surface area is 141 Å². The van der Waals surface area contributed by atoms with E-state index in [1.165, 1.54) is 6.20 Å². The molecule has 138 valence electrons. The van der Waals surface area contributed by atoms with Crippen molar-refractivity contribution < 1.29 is 24.4 Å². The number of nitrogens with zero attached hydrogens (tertiary/aromatic N) is 5. The first-order chi connectivity index (χ1) is 11.9. The summed E-state index contributed by atoms with van der Waals surface area (Å²) in [5.74, 6) is -0.0309. The Morgan fingerprint density at radius 3 is 2.84 bits per heavy atom. The molecule has 0 aromatic carbocycles. The number of aryl methyl sites for hydroxylation is 1. The van der Waals surface area contributed by atoms with E-state index in [9.17, 15) is 19.4 Å². The van der Waals surface area contributed by atoms with Gasteiger partial charge in [0.15, 0.2) is 12.4 Å². The van der Waals surface area contributed by atoms with Crippen molar-refractivity contribution in [1.29, 1.82) is 0 Å². The highest BCUT2D eigenvalue weighted by atomic mass is 19.1. The van der Waals surface area contributed by atoms with Crippen LogP contribution in [-0.2, 0) is 11.2 Å². The smallest absolute Gasteiger partial charge is 0.351 e. The van der Waals surface area contributed by atoms with Gasteiger partial charge in [0.1, 0.15) is 11.9 Å². The SMILES string of the molecule is [N-]=[N+]=N[C@]1(CO)O[C@@H](n2cc(CCCCO)c(N)nc2=O)[C@@H](F)[C@@H]1O. The average Bonchev–Trinajstić information content (AvgIpc) is 2.83. The molecule has 0 unspecified atom stereocenters. The zero-order valence-corrected chi connectivity index (χ0v) is 13.2. The Morgan fingerprint density at radius 1 is 1.52 bits per heavy atom. The fraction of sp³-hybridized carbons (Fsp3) is 0.692. The zero-order valence-electron chi connectivity index (χ0n) is 13.2. The maximum absolute atomic E-state index is 14.5. The number of hydrogen-bond acceptors (Lipinski definition) is 8. The van der Waals surface area contributed by atoms with Gasteiger partial charge in [-0.2, -0.15) is 4.98 Å². The number of unbranched alkanes of at least 4 members (excludes halogenated alkanes) is 1. The Balaban J connectivity index is 2.39. The molecule has 12 heteroatoms. The van der Waals surface area contributed by atoms with Crippen LogP contribution in [0.2, 0.25) is 0 Å². The number of azide groups is 1. The molecule has 25 heavy (non-hydrogen) atoms. The van der Waals surface area contributed by atoms with Crippen LogP contribution in [0, 0.1) is 0 Å². The fourth-order valence-corrected chi connectivity index (χ4v) is 2.60. The molecule has 0 radical (unpaired) electrons. The standard InChI is InChI=1S/C13H19FN6O5/c14-8-9(23)13(6-22,18-19-16)25-11(8)20-5-7(3-1-2-4-21)10(15)17-12(20)24/h5,8-9,11,21-23H,1-4,6H2,(H2,15,17,24)/t8-,9-,11+,13+/m0/s1. The van der Waals surface area contributed by atoms with Crippen molar-refractivity contribution in [3.8, 4) is 0 Å². The van der Waals surface area contributed by atoms with E-state index < -0.39 is 36.5 Å². The third-order valence-corrected chi connectivity index (χ3v) is 3.99. The van der Waals surface area contributed by atoms with E-state index in [0.717, 1.165) is 4.57 Å². The van der Waals surface area contributed by atoms with Gasteiger partial charge in [-0.15, -0.1) is 0 Å². The quantitative estimate of drug-likeness (QED) is 0.217. The van der Waals surface area contributed by atoms with Gasteiger partial charge in [-0.1, -0.05) is 5.11 Å². The molecule has 0 aliphatic carbocycles. The molecule has 1 aliphatic rings. The number of halogens is 1. The molecule has 4 atom stereocenters. The van der Waals surface area contributed by atoms with Crippen molar-refractivity contribution in [2.45, 2.75) is 43.5 Å². The van der Waals surface area contributed by atoms with Crippen LogP contribution >= 0.6 is 0 Å². The van der Waals surface area contributed by atoms with Crippen molar-refractivity contribution in [1.82, 2.24) is 9.55 Å². The second-order valence-electron chi connectivity index (χ2n) is 5.61. The van der Waals surface area contributed by atoms with Gasteiger partial charge in [-0.3, -0.25) is 4.57 Å². The Morgan fingerprint density at radius 2 is 2.24 bits per heavy atom. The molecule has 1 saturated heterocycles. The van der Waals surface area contributed by atoms with E-state index >= 15 is 0 Å². The van der Waals surface area contributed by atoms with Gasteiger partial charge in [0.05, 0.1) is 6.61 Å². The molecule has 2 rings (SSSR count). The van der Waals surface area contributed by atoms with Crippen LogP contribution in [0.25, 0.3) is 10.4 Å². The number of hydrogen-bond donors (Lipinski definition) is 4. The second-order valence-corrected chi connectivity index (χ2v) is 5.61. The third-order valence-electron chi connectivity index (χ3n) is 3.99. The van der Waals surface area contributed by atoms with Gasteiger partial charge in [-0.05, 0) is 24.8 Å². The first-order valence-electron chi connectivity index (χ1n) is 7.55. The summed E-state index contributed by atoms with van der Waals surface area (Å²) in [7, 11) is 0. The van der Waals surface area contributed by atoms with Crippen LogP contribution in [-0.4, -0.2) is 56.1 Å². The van der Waals surface area contributed by atoms with E-state index in [1.54, 1.807) is 0 Å². The average molecular weight is 358 g/mol. The van der Waals surface area contributed by atoms with Crippen LogP contribution in [0.15, 0.2) is 16.1 Å². The Kier molecular flexibility index (Phi) is 5.93. The minimum Gasteiger partial charge on any atom is -0.396 e. The molecule has 0 bridgehead atoms. The topological polar surface area (TPSA) is 180 Å². The number of nitrogen functional groups attached to an aromatic ring is 1. The normalized spacial score (nSPS) is 28.7. The van der Waals surface area contributed by atoms with Crippen molar-refractivity contribution >= 4 is 5.82 Å². The molecule has 1 aromatic heterocycles. The molecule has 2 heterocycles. The highest BCUT2D eigenvalue weighted by molar-refractivity contribution is 5.37. The number of anilines is 1. The van der Waals surface area contributed by atoms with E-state index in [0.29, 0.717) is 24.8 Å². The van der Waals surface area contributed by atoms with Gasteiger partial charge in [0, 0.05) is 23.3 Å². The van der Waals surface area contributed by atoms with Crippen molar-refractivity contribution in [3.05, 3.63) is 32.7 Å². The first kappa shape index (κ1) is 19.1. The van der Waals surface area contributed by atoms with Crippen molar-refractivity contribution in [3.63, 3.8) is 0 Å². The lowest BCUT2D eigenvalue weighted by molar-refractivity contribution is -0.124. The molecule has 1 aromatic rings. The molecule has 0 amide bonds. The van der Waals surface area contributed by atoms with Crippen molar-refractivity contribution in [2.75, 3.05) is 18.9 Å². The minimum atomic E-state index is -2.24. The Hall–Kier alpha value is -2.24. The molecule has 0 spiro atoms. The number of rotatable bonds is 7. The van der Waals surface area contributed by atoms with Gasteiger partial charge < -0.3 is 25.8 Å². The summed E-state index contributed by atoms with van der Waals surface area (Å²) in [6.45, 7) is -0.988. The highest BCUT2D eigenvalue weighted by Crippen LogP contribution is 2.39. The lowest BCUT2D eigenvalue weighted by Gasteiger charge is -2.23. The number of alkyl halides is 1. The van der Waals surface area contributed by atoms with Gasteiger partial charge in [0.2, 0.25) is 5.72 Å². The highest BCUT2D eigenvalue weighted by Gasteiger charge is 2.56. The van der Waals surface area contributed by atoms with Crippen LogP contribution in [0.3, 0.4) is 0 Å². The van der Waals surface area contributed by atoms with Crippen LogP contribution in [0.1, 0.15) is 24.6 Å². The van der Waals surface area contributed by atoms with E-state index in [-0.39, 0.29) is 12.4 Å². The lowest BCUT2D eigenvalue weighted by Crippen LogP contribution is -2.43. The molecule has 0 saturated carbocycles.